The van der Waals surface area contributed by atoms with Crippen LogP contribution in [0.4, 0.5) is 10.1 Å². The van der Waals surface area contributed by atoms with Gasteiger partial charge in [0, 0.05) is 17.1 Å². The van der Waals surface area contributed by atoms with Crippen LogP contribution in [0.2, 0.25) is 0 Å². The molecule has 0 fully saturated rings. The molecule has 0 aliphatic carbocycles. The zero-order valence-corrected chi connectivity index (χ0v) is 14.4. The van der Waals surface area contributed by atoms with Crippen molar-refractivity contribution in [1.29, 1.82) is 0 Å². The molecule has 0 spiro atoms. The lowest BCUT2D eigenvalue weighted by atomic mass is 10.0. The van der Waals surface area contributed by atoms with Gasteiger partial charge in [0.05, 0.1) is 5.52 Å². The van der Waals surface area contributed by atoms with E-state index in [0.29, 0.717) is 5.69 Å². The average molecular weight is 338 g/mol. The highest BCUT2D eigenvalue weighted by Crippen LogP contribution is 2.22. The van der Waals surface area contributed by atoms with E-state index in [1.807, 2.05) is 32.9 Å². The third-order valence-electron chi connectivity index (χ3n) is 4.18. The van der Waals surface area contributed by atoms with Crippen molar-refractivity contribution < 1.29 is 9.18 Å². The van der Waals surface area contributed by atoms with E-state index in [0.717, 1.165) is 27.6 Å². The first-order valence-corrected chi connectivity index (χ1v) is 8.02. The van der Waals surface area contributed by atoms with Crippen LogP contribution in [0.1, 0.15) is 16.7 Å². The van der Waals surface area contributed by atoms with Crippen LogP contribution >= 0.6 is 0 Å². The minimum Gasteiger partial charge on any atom is -0.325 e. The van der Waals surface area contributed by atoms with E-state index in [1.165, 1.54) is 28.8 Å². The van der Waals surface area contributed by atoms with E-state index in [4.69, 9.17) is 0 Å². The van der Waals surface area contributed by atoms with Gasteiger partial charge in [-0.05, 0) is 62.2 Å². The van der Waals surface area contributed by atoms with Crippen molar-refractivity contribution in [2.45, 2.75) is 27.3 Å². The van der Waals surface area contributed by atoms with E-state index in [9.17, 15) is 14.0 Å². The molecule has 0 atom stereocenters. The maximum absolute atomic E-state index is 13.0. The van der Waals surface area contributed by atoms with Gasteiger partial charge in [0.15, 0.2) is 0 Å². The highest BCUT2D eigenvalue weighted by molar-refractivity contribution is 5.92. The summed E-state index contributed by atoms with van der Waals surface area (Å²) in [5, 5.41) is 3.65. The second kappa shape index (κ2) is 6.51. The predicted molar refractivity (Wildman–Crippen MR) is 97.4 cm³/mol. The first-order chi connectivity index (χ1) is 11.8. The normalized spacial score (nSPS) is 10.9. The van der Waals surface area contributed by atoms with Crippen molar-refractivity contribution in [3.63, 3.8) is 0 Å². The number of benzene rings is 2. The summed E-state index contributed by atoms with van der Waals surface area (Å²) in [6.45, 7) is 5.73. The number of halogens is 1. The molecule has 1 heterocycles. The number of carbonyl (C=O) groups is 1. The molecular formula is C20H19FN2O2. The Morgan fingerprint density at radius 2 is 1.72 bits per heavy atom. The van der Waals surface area contributed by atoms with Crippen molar-refractivity contribution in [3.05, 3.63) is 75.3 Å². The maximum atomic E-state index is 13.0. The summed E-state index contributed by atoms with van der Waals surface area (Å²) in [6, 6.07) is 11.1. The van der Waals surface area contributed by atoms with Gasteiger partial charge in [0.25, 0.3) is 5.56 Å². The fourth-order valence-corrected chi connectivity index (χ4v) is 3.10. The lowest BCUT2D eigenvalue weighted by molar-refractivity contribution is -0.116. The maximum Gasteiger partial charge on any atom is 0.251 e. The van der Waals surface area contributed by atoms with Crippen molar-refractivity contribution >= 4 is 22.5 Å². The number of hydrogen-bond acceptors (Lipinski definition) is 2. The third kappa shape index (κ3) is 3.45. The summed E-state index contributed by atoms with van der Waals surface area (Å²) >= 11 is 0. The zero-order chi connectivity index (χ0) is 18.1. The number of hydrogen-bond donors (Lipinski definition) is 1. The summed E-state index contributed by atoms with van der Waals surface area (Å²) < 4.78 is 14.4. The Bertz CT molecular complexity index is 1020. The number of fused-ring (bicyclic) bond motifs is 1. The Morgan fingerprint density at radius 3 is 2.40 bits per heavy atom. The number of nitrogens with zero attached hydrogens (tertiary/aromatic N) is 1. The number of aryl methyl sites for hydroxylation is 3. The topological polar surface area (TPSA) is 51.1 Å². The molecular weight excluding hydrogens is 319 g/mol. The van der Waals surface area contributed by atoms with E-state index in [2.05, 4.69) is 5.32 Å². The Kier molecular flexibility index (Phi) is 4.40. The molecule has 1 aromatic heterocycles. The number of anilines is 1. The van der Waals surface area contributed by atoms with Gasteiger partial charge < -0.3 is 5.32 Å². The number of nitrogens with one attached hydrogen (secondary N) is 1. The van der Waals surface area contributed by atoms with Crippen molar-refractivity contribution in [1.82, 2.24) is 4.57 Å². The standard InChI is InChI=1S/C20H19FN2O2/c1-12-8-14(3)20-17(9-12)13(2)10-19(25)23(20)11-18(24)22-16-6-4-15(21)5-7-16/h4-10H,11H2,1-3H3,(H,22,24). The van der Waals surface area contributed by atoms with Gasteiger partial charge >= 0.3 is 0 Å². The molecule has 3 aromatic rings. The van der Waals surface area contributed by atoms with Crippen LogP contribution in [0.15, 0.2) is 47.3 Å². The molecule has 0 aliphatic rings. The molecule has 128 valence electrons. The van der Waals surface area contributed by atoms with Gasteiger partial charge in [0.2, 0.25) is 5.91 Å². The molecule has 1 N–H and O–H groups in total. The van der Waals surface area contributed by atoms with Crippen molar-refractivity contribution in [3.8, 4) is 0 Å². The Balaban J connectivity index is 1.99. The van der Waals surface area contributed by atoms with Gasteiger partial charge in [-0.25, -0.2) is 4.39 Å². The van der Waals surface area contributed by atoms with E-state index in [-0.39, 0.29) is 23.8 Å². The Hall–Kier alpha value is -2.95. The molecule has 0 unspecified atom stereocenters. The molecule has 0 saturated carbocycles. The zero-order valence-electron chi connectivity index (χ0n) is 14.4. The molecule has 3 rings (SSSR count). The molecule has 4 nitrogen and oxygen atoms in total. The fraction of sp³-hybridized carbons (Fsp3) is 0.200. The molecule has 2 aromatic carbocycles. The van der Waals surface area contributed by atoms with E-state index in [1.54, 1.807) is 6.07 Å². The molecule has 1 amide bonds. The monoisotopic (exact) mass is 338 g/mol. The van der Waals surface area contributed by atoms with Gasteiger partial charge in [-0.2, -0.15) is 0 Å². The highest BCUT2D eigenvalue weighted by Gasteiger charge is 2.13. The lowest BCUT2D eigenvalue weighted by Gasteiger charge is -2.15. The summed E-state index contributed by atoms with van der Waals surface area (Å²) in [5.41, 5.74) is 3.99. The highest BCUT2D eigenvalue weighted by atomic mass is 19.1. The average Bonchev–Trinajstić information content (AvgIpc) is 2.53. The lowest BCUT2D eigenvalue weighted by Crippen LogP contribution is -2.28. The summed E-state index contributed by atoms with van der Waals surface area (Å²) in [7, 11) is 0. The first-order valence-electron chi connectivity index (χ1n) is 8.02. The Morgan fingerprint density at radius 1 is 1.04 bits per heavy atom. The number of aromatic nitrogens is 1. The van der Waals surface area contributed by atoms with Crippen LogP contribution in [-0.2, 0) is 11.3 Å². The predicted octanol–water partition coefficient (Wildman–Crippen LogP) is 3.70. The molecule has 5 heteroatoms. The minimum atomic E-state index is -0.371. The number of pyridine rings is 1. The Labute approximate surface area is 144 Å². The largest absolute Gasteiger partial charge is 0.325 e. The second-order valence-corrected chi connectivity index (χ2v) is 6.28. The van der Waals surface area contributed by atoms with Gasteiger partial charge in [-0.1, -0.05) is 11.6 Å². The van der Waals surface area contributed by atoms with Crippen LogP contribution in [0.5, 0.6) is 0 Å². The number of amides is 1. The quantitative estimate of drug-likeness (QED) is 0.791. The molecule has 25 heavy (non-hydrogen) atoms. The van der Waals surface area contributed by atoms with Crippen molar-refractivity contribution in [2.75, 3.05) is 5.32 Å². The fourth-order valence-electron chi connectivity index (χ4n) is 3.10. The molecule has 0 radical (unpaired) electrons. The summed E-state index contributed by atoms with van der Waals surface area (Å²) in [4.78, 5) is 24.8. The second-order valence-electron chi connectivity index (χ2n) is 6.28. The van der Waals surface area contributed by atoms with Crippen LogP contribution < -0.4 is 10.9 Å². The van der Waals surface area contributed by atoms with Crippen LogP contribution in [-0.4, -0.2) is 10.5 Å². The van der Waals surface area contributed by atoms with Gasteiger partial charge in [0.1, 0.15) is 12.4 Å². The summed E-state index contributed by atoms with van der Waals surface area (Å²) in [6.07, 6.45) is 0. The first kappa shape index (κ1) is 16.9. The van der Waals surface area contributed by atoms with E-state index >= 15 is 0 Å². The molecule has 0 bridgehead atoms. The van der Waals surface area contributed by atoms with Crippen LogP contribution in [0.3, 0.4) is 0 Å². The van der Waals surface area contributed by atoms with Crippen LogP contribution in [0, 0.1) is 26.6 Å². The number of rotatable bonds is 3. The van der Waals surface area contributed by atoms with Gasteiger partial charge in [-0.15, -0.1) is 0 Å². The van der Waals surface area contributed by atoms with E-state index < -0.39 is 0 Å². The third-order valence-corrected chi connectivity index (χ3v) is 4.18. The smallest absolute Gasteiger partial charge is 0.251 e. The van der Waals surface area contributed by atoms with Crippen molar-refractivity contribution in [2.24, 2.45) is 0 Å². The SMILES string of the molecule is Cc1cc(C)c2c(c1)c(C)cc(=O)n2CC(=O)Nc1ccc(F)cc1. The van der Waals surface area contributed by atoms with Crippen LogP contribution in [0.25, 0.3) is 10.9 Å². The minimum absolute atomic E-state index is 0.100. The number of carbonyl (C=O) groups excluding carboxylic acids is 1. The summed E-state index contributed by atoms with van der Waals surface area (Å²) in [5.74, 6) is -0.705. The molecule has 0 saturated heterocycles. The van der Waals surface area contributed by atoms with Gasteiger partial charge in [-0.3, -0.25) is 14.2 Å². The molecule has 0 aliphatic heterocycles.